The van der Waals surface area contributed by atoms with Gasteiger partial charge in [0.2, 0.25) is 0 Å². The normalized spacial score (nSPS) is 12.8. The number of hydrogen-bond donors (Lipinski definition) is 1. The van der Waals surface area contributed by atoms with E-state index in [0.717, 1.165) is 0 Å². The third-order valence-corrected chi connectivity index (χ3v) is 4.69. The van der Waals surface area contributed by atoms with Crippen LogP contribution in [0.5, 0.6) is 0 Å². The van der Waals surface area contributed by atoms with Crippen LogP contribution in [-0.2, 0) is 10.0 Å². The molecule has 0 fully saturated rings. The van der Waals surface area contributed by atoms with Crippen LogP contribution in [0.3, 0.4) is 0 Å². The van der Waals surface area contributed by atoms with Crippen LogP contribution < -0.4 is 9.73 Å². The SMILES string of the molecule is C/C(=N\N(C)c1cccc(F)c1)c1cc(C)ccc1NS(=O)(=O)C(F)(F)F. The maximum atomic E-state index is 13.3. The molecular formula is C17H17F4N3O2S. The summed E-state index contributed by atoms with van der Waals surface area (Å²) in [7, 11) is -4.04. The lowest BCUT2D eigenvalue weighted by Crippen LogP contribution is -2.30. The van der Waals surface area contributed by atoms with Crippen molar-refractivity contribution >= 4 is 27.1 Å². The minimum absolute atomic E-state index is 0.172. The summed E-state index contributed by atoms with van der Waals surface area (Å²) in [5.74, 6) is -0.471. The van der Waals surface area contributed by atoms with E-state index in [1.165, 1.54) is 55.4 Å². The lowest BCUT2D eigenvalue weighted by atomic mass is 10.1. The Morgan fingerprint density at radius 1 is 1.15 bits per heavy atom. The summed E-state index contributed by atoms with van der Waals surface area (Å²) in [6.07, 6.45) is 0. The van der Waals surface area contributed by atoms with E-state index in [1.807, 2.05) is 0 Å². The lowest BCUT2D eigenvalue weighted by molar-refractivity contribution is -0.0429. The average molecular weight is 403 g/mol. The first-order valence-electron chi connectivity index (χ1n) is 7.65. The van der Waals surface area contributed by atoms with Gasteiger partial charge >= 0.3 is 15.5 Å². The predicted octanol–water partition coefficient (Wildman–Crippen LogP) is 4.26. The van der Waals surface area contributed by atoms with Crippen molar-refractivity contribution in [3.8, 4) is 0 Å². The zero-order valence-electron chi connectivity index (χ0n) is 14.7. The average Bonchev–Trinajstić information content (AvgIpc) is 2.55. The van der Waals surface area contributed by atoms with Gasteiger partial charge in [-0.15, -0.1) is 0 Å². The first-order valence-corrected chi connectivity index (χ1v) is 9.13. The zero-order chi connectivity index (χ0) is 20.4. The van der Waals surface area contributed by atoms with Crippen molar-refractivity contribution in [2.24, 2.45) is 5.10 Å². The minimum atomic E-state index is -5.57. The Labute approximate surface area is 154 Å². The Morgan fingerprint density at radius 3 is 2.41 bits per heavy atom. The Balaban J connectivity index is 2.43. The Hall–Kier alpha value is -2.62. The number of aryl methyl sites for hydroxylation is 1. The Kier molecular flexibility index (Phi) is 5.79. The molecule has 0 saturated carbocycles. The monoisotopic (exact) mass is 403 g/mol. The van der Waals surface area contributed by atoms with Crippen molar-refractivity contribution in [2.45, 2.75) is 19.4 Å². The highest BCUT2D eigenvalue weighted by atomic mass is 32.2. The van der Waals surface area contributed by atoms with E-state index in [4.69, 9.17) is 0 Å². The highest BCUT2D eigenvalue weighted by Gasteiger charge is 2.46. The molecule has 0 spiro atoms. The number of nitrogens with one attached hydrogen (secondary N) is 1. The van der Waals surface area contributed by atoms with Crippen LogP contribution >= 0.6 is 0 Å². The van der Waals surface area contributed by atoms with Crippen molar-refractivity contribution in [1.82, 2.24) is 0 Å². The van der Waals surface area contributed by atoms with Gasteiger partial charge in [-0.3, -0.25) is 9.73 Å². The number of hydrogen-bond acceptors (Lipinski definition) is 4. The fraction of sp³-hybridized carbons (Fsp3) is 0.235. The molecular weight excluding hydrogens is 386 g/mol. The van der Waals surface area contributed by atoms with Gasteiger partial charge in [0, 0.05) is 12.6 Å². The number of benzene rings is 2. The number of halogens is 4. The lowest BCUT2D eigenvalue weighted by Gasteiger charge is -2.18. The van der Waals surface area contributed by atoms with E-state index in [2.05, 4.69) is 5.10 Å². The molecule has 10 heteroatoms. The van der Waals surface area contributed by atoms with Crippen molar-refractivity contribution in [2.75, 3.05) is 16.8 Å². The second kappa shape index (κ2) is 7.55. The summed E-state index contributed by atoms with van der Waals surface area (Å²) >= 11 is 0. The van der Waals surface area contributed by atoms with Crippen molar-refractivity contribution in [3.05, 3.63) is 59.4 Å². The van der Waals surface area contributed by atoms with E-state index in [9.17, 15) is 26.0 Å². The predicted molar refractivity (Wildman–Crippen MR) is 96.8 cm³/mol. The molecule has 0 radical (unpaired) electrons. The molecule has 0 heterocycles. The van der Waals surface area contributed by atoms with E-state index in [1.54, 1.807) is 17.7 Å². The second-order valence-corrected chi connectivity index (χ2v) is 7.46. The van der Waals surface area contributed by atoms with Gasteiger partial charge in [-0.25, -0.2) is 4.39 Å². The molecule has 2 aromatic rings. The molecule has 5 nitrogen and oxygen atoms in total. The fourth-order valence-electron chi connectivity index (χ4n) is 2.26. The van der Waals surface area contributed by atoms with Gasteiger partial charge in [0.25, 0.3) is 0 Å². The fourth-order valence-corrected chi connectivity index (χ4v) is 2.85. The van der Waals surface area contributed by atoms with Crippen molar-refractivity contribution in [1.29, 1.82) is 0 Å². The van der Waals surface area contributed by atoms with E-state index in [-0.39, 0.29) is 17.0 Å². The Morgan fingerprint density at radius 2 is 1.81 bits per heavy atom. The minimum Gasteiger partial charge on any atom is -0.275 e. The van der Waals surface area contributed by atoms with Crippen LogP contribution in [0.2, 0.25) is 0 Å². The quantitative estimate of drug-likeness (QED) is 0.461. The van der Waals surface area contributed by atoms with Crippen LogP contribution in [0.4, 0.5) is 28.9 Å². The third-order valence-electron chi connectivity index (χ3n) is 3.60. The molecule has 0 aliphatic rings. The summed E-state index contributed by atoms with van der Waals surface area (Å²) in [5, 5.41) is 5.56. The van der Waals surface area contributed by atoms with Gasteiger partial charge in [0.05, 0.1) is 17.1 Å². The molecule has 2 rings (SSSR count). The number of rotatable bonds is 5. The van der Waals surface area contributed by atoms with Crippen LogP contribution in [-0.4, -0.2) is 26.7 Å². The smallest absolute Gasteiger partial charge is 0.275 e. The Bertz CT molecular complexity index is 972. The van der Waals surface area contributed by atoms with Crippen LogP contribution in [0.25, 0.3) is 0 Å². The molecule has 2 aromatic carbocycles. The molecule has 0 amide bonds. The maximum absolute atomic E-state index is 13.3. The van der Waals surface area contributed by atoms with E-state index < -0.39 is 21.3 Å². The molecule has 0 aromatic heterocycles. The van der Waals surface area contributed by atoms with E-state index >= 15 is 0 Å². The van der Waals surface area contributed by atoms with Gasteiger partial charge in [0.15, 0.2) is 0 Å². The molecule has 0 bridgehead atoms. The zero-order valence-corrected chi connectivity index (χ0v) is 15.5. The van der Waals surface area contributed by atoms with Crippen LogP contribution in [0.15, 0.2) is 47.6 Å². The number of hydrazone groups is 1. The molecule has 0 aliphatic carbocycles. The van der Waals surface area contributed by atoms with Gasteiger partial charge in [-0.05, 0) is 44.2 Å². The third kappa shape index (κ3) is 4.97. The molecule has 0 unspecified atom stereocenters. The topological polar surface area (TPSA) is 61.8 Å². The summed E-state index contributed by atoms with van der Waals surface area (Å²) < 4.78 is 75.8. The molecule has 27 heavy (non-hydrogen) atoms. The molecule has 0 saturated heterocycles. The van der Waals surface area contributed by atoms with Crippen molar-refractivity contribution in [3.63, 3.8) is 0 Å². The highest BCUT2D eigenvalue weighted by molar-refractivity contribution is 7.93. The summed E-state index contributed by atoms with van der Waals surface area (Å²) in [6.45, 7) is 3.21. The van der Waals surface area contributed by atoms with Gasteiger partial charge in [-0.1, -0.05) is 17.7 Å². The number of alkyl halides is 3. The number of nitrogens with zero attached hydrogens (tertiary/aromatic N) is 2. The first kappa shape index (κ1) is 20.7. The van der Waals surface area contributed by atoms with E-state index in [0.29, 0.717) is 11.3 Å². The number of sulfonamides is 1. The van der Waals surface area contributed by atoms with Crippen molar-refractivity contribution < 1.29 is 26.0 Å². The molecule has 1 N–H and O–H groups in total. The largest absolute Gasteiger partial charge is 0.516 e. The summed E-state index contributed by atoms with van der Waals surface area (Å²) in [6, 6.07) is 9.80. The number of anilines is 2. The molecule has 0 aliphatic heterocycles. The maximum Gasteiger partial charge on any atom is 0.516 e. The summed E-state index contributed by atoms with van der Waals surface area (Å²) in [4.78, 5) is 0. The van der Waals surface area contributed by atoms with Crippen LogP contribution in [0.1, 0.15) is 18.1 Å². The molecule has 0 atom stereocenters. The highest BCUT2D eigenvalue weighted by Crippen LogP contribution is 2.28. The second-order valence-electron chi connectivity index (χ2n) is 5.79. The van der Waals surface area contributed by atoms with Gasteiger partial charge < -0.3 is 0 Å². The van der Waals surface area contributed by atoms with Crippen LogP contribution in [0, 0.1) is 12.7 Å². The summed E-state index contributed by atoms with van der Waals surface area (Å²) in [5.41, 5.74) is -4.18. The van der Waals surface area contributed by atoms with Gasteiger partial charge in [0.1, 0.15) is 5.82 Å². The van der Waals surface area contributed by atoms with Gasteiger partial charge in [-0.2, -0.15) is 26.7 Å². The first-order chi connectivity index (χ1) is 12.4. The molecule has 146 valence electrons. The standard InChI is InChI=1S/C17H17F4N3O2S/c1-11-7-8-16(23-27(25,26)17(19,20)21)15(9-11)12(2)22-24(3)14-6-4-5-13(18)10-14/h4-10,23H,1-3H3/b22-12+.